The van der Waals surface area contributed by atoms with Gasteiger partial charge in [0.05, 0.1) is 10.6 Å². The van der Waals surface area contributed by atoms with E-state index in [0.29, 0.717) is 31.0 Å². The number of amides is 1. The van der Waals surface area contributed by atoms with Crippen LogP contribution in [-0.2, 0) is 14.8 Å². The third-order valence-corrected chi connectivity index (χ3v) is 5.13. The monoisotopic (exact) mass is 376 g/mol. The topological polar surface area (TPSA) is 84.5 Å². The largest absolute Gasteiger partial charge is 0.382 e. The fourth-order valence-electron chi connectivity index (χ4n) is 2.30. The van der Waals surface area contributed by atoms with E-state index in [1.54, 1.807) is 43.3 Å². The summed E-state index contributed by atoms with van der Waals surface area (Å²) in [5, 5.41) is 2.80. The maximum absolute atomic E-state index is 12.5. The highest BCUT2D eigenvalue weighted by Gasteiger charge is 2.16. The number of carbonyl (C=O) groups is 1. The molecule has 0 aromatic heterocycles. The van der Waals surface area contributed by atoms with Gasteiger partial charge in [0, 0.05) is 25.3 Å². The van der Waals surface area contributed by atoms with E-state index in [4.69, 9.17) is 4.74 Å². The van der Waals surface area contributed by atoms with Crippen molar-refractivity contribution in [2.24, 2.45) is 0 Å². The molecule has 0 unspecified atom stereocenters. The number of aryl methyl sites for hydroxylation is 1. The Kier molecular flexibility index (Phi) is 7.17. The Balaban J connectivity index is 2.08. The third kappa shape index (κ3) is 5.57. The van der Waals surface area contributed by atoms with E-state index in [2.05, 4.69) is 10.0 Å². The molecular formula is C19H24N2O4S. The maximum Gasteiger partial charge on any atom is 0.261 e. The van der Waals surface area contributed by atoms with Crippen LogP contribution in [0.5, 0.6) is 0 Å². The van der Waals surface area contributed by atoms with Crippen molar-refractivity contribution in [2.45, 2.75) is 25.2 Å². The van der Waals surface area contributed by atoms with Crippen molar-refractivity contribution in [3.8, 4) is 0 Å². The fraction of sp³-hybridized carbons (Fsp3) is 0.316. The molecule has 140 valence electrons. The van der Waals surface area contributed by atoms with Gasteiger partial charge in [0.1, 0.15) is 0 Å². The van der Waals surface area contributed by atoms with Gasteiger partial charge < -0.3 is 10.1 Å². The molecule has 0 aliphatic carbocycles. The van der Waals surface area contributed by atoms with Crippen LogP contribution in [0.1, 0.15) is 29.3 Å². The number of carbonyl (C=O) groups excluding carboxylic acids is 1. The summed E-state index contributed by atoms with van der Waals surface area (Å²) >= 11 is 0. The van der Waals surface area contributed by atoms with E-state index < -0.39 is 10.0 Å². The zero-order valence-corrected chi connectivity index (χ0v) is 15.8. The minimum Gasteiger partial charge on any atom is -0.382 e. The Morgan fingerprint density at radius 2 is 1.85 bits per heavy atom. The molecule has 0 saturated carbocycles. The highest BCUT2D eigenvalue weighted by atomic mass is 32.2. The fourth-order valence-corrected chi connectivity index (χ4v) is 3.44. The number of anilines is 1. The predicted molar refractivity (Wildman–Crippen MR) is 102 cm³/mol. The Labute approximate surface area is 154 Å². The van der Waals surface area contributed by atoms with E-state index in [9.17, 15) is 13.2 Å². The van der Waals surface area contributed by atoms with Gasteiger partial charge in [-0.1, -0.05) is 24.3 Å². The average Bonchev–Trinajstić information content (AvgIpc) is 2.64. The van der Waals surface area contributed by atoms with Gasteiger partial charge in [0.15, 0.2) is 0 Å². The molecule has 0 atom stereocenters. The lowest BCUT2D eigenvalue weighted by atomic mass is 10.1. The lowest BCUT2D eigenvalue weighted by Gasteiger charge is -2.12. The van der Waals surface area contributed by atoms with Gasteiger partial charge in [-0.25, -0.2) is 8.42 Å². The lowest BCUT2D eigenvalue weighted by molar-refractivity contribution is 0.0944. The molecule has 0 saturated heterocycles. The number of nitrogens with one attached hydrogen (secondary N) is 2. The summed E-state index contributed by atoms with van der Waals surface area (Å²) < 4.78 is 32.7. The molecule has 7 heteroatoms. The summed E-state index contributed by atoms with van der Waals surface area (Å²) in [5.41, 5.74) is 1.52. The number of benzene rings is 2. The molecule has 1 amide bonds. The van der Waals surface area contributed by atoms with Crippen LogP contribution in [0, 0.1) is 6.92 Å². The first-order chi connectivity index (χ1) is 12.4. The van der Waals surface area contributed by atoms with Crippen LogP contribution >= 0.6 is 0 Å². The number of rotatable bonds is 9. The van der Waals surface area contributed by atoms with Crippen molar-refractivity contribution in [2.75, 3.05) is 24.5 Å². The summed E-state index contributed by atoms with van der Waals surface area (Å²) in [6.45, 7) is 5.44. The molecule has 0 heterocycles. The van der Waals surface area contributed by atoms with Crippen LogP contribution in [0.4, 0.5) is 5.69 Å². The zero-order chi connectivity index (χ0) is 19.0. The number of sulfonamides is 1. The van der Waals surface area contributed by atoms with Crippen molar-refractivity contribution in [1.29, 1.82) is 0 Å². The lowest BCUT2D eigenvalue weighted by Crippen LogP contribution is -2.25. The first kappa shape index (κ1) is 19.9. The summed E-state index contributed by atoms with van der Waals surface area (Å²) in [4.78, 5) is 12.4. The van der Waals surface area contributed by atoms with Gasteiger partial charge in [-0.15, -0.1) is 0 Å². The van der Waals surface area contributed by atoms with Crippen LogP contribution < -0.4 is 10.0 Å². The van der Waals surface area contributed by atoms with Gasteiger partial charge >= 0.3 is 0 Å². The first-order valence-corrected chi connectivity index (χ1v) is 9.97. The van der Waals surface area contributed by atoms with Crippen molar-refractivity contribution in [1.82, 2.24) is 5.32 Å². The molecule has 0 aliphatic rings. The van der Waals surface area contributed by atoms with E-state index in [1.165, 1.54) is 12.1 Å². The predicted octanol–water partition coefficient (Wildman–Crippen LogP) is 2.95. The van der Waals surface area contributed by atoms with Gasteiger partial charge in [0.2, 0.25) is 0 Å². The summed E-state index contributed by atoms with van der Waals surface area (Å²) in [7, 11) is -3.70. The van der Waals surface area contributed by atoms with Gasteiger partial charge in [-0.2, -0.15) is 0 Å². The second-order valence-corrected chi connectivity index (χ2v) is 7.44. The Hall–Kier alpha value is -2.38. The molecule has 26 heavy (non-hydrogen) atoms. The van der Waals surface area contributed by atoms with E-state index in [0.717, 1.165) is 12.0 Å². The SMILES string of the molecule is CCOCCCNC(=O)c1ccc(C)c(NS(=O)(=O)c2ccccc2)c1. The second kappa shape index (κ2) is 9.35. The molecule has 0 bridgehead atoms. The zero-order valence-electron chi connectivity index (χ0n) is 15.0. The number of hydrogen-bond acceptors (Lipinski definition) is 4. The average molecular weight is 376 g/mol. The van der Waals surface area contributed by atoms with Crippen LogP contribution in [0.15, 0.2) is 53.4 Å². The number of hydrogen-bond donors (Lipinski definition) is 2. The molecular weight excluding hydrogens is 352 g/mol. The Morgan fingerprint density at radius 3 is 2.54 bits per heavy atom. The molecule has 2 aromatic rings. The minimum absolute atomic E-state index is 0.171. The minimum atomic E-state index is -3.70. The van der Waals surface area contributed by atoms with Crippen molar-refractivity contribution < 1.29 is 17.9 Å². The van der Waals surface area contributed by atoms with Crippen molar-refractivity contribution in [3.63, 3.8) is 0 Å². The van der Waals surface area contributed by atoms with Crippen LogP contribution in [0.3, 0.4) is 0 Å². The molecule has 2 N–H and O–H groups in total. The van der Waals surface area contributed by atoms with E-state index in [1.807, 2.05) is 6.92 Å². The van der Waals surface area contributed by atoms with Crippen LogP contribution in [0.25, 0.3) is 0 Å². The normalized spacial score (nSPS) is 11.2. The van der Waals surface area contributed by atoms with E-state index in [-0.39, 0.29) is 10.8 Å². The molecule has 2 rings (SSSR count). The third-order valence-electron chi connectivity index (χ3n) is 3.75. The summed E-state index contributed by atoms with van der Waals surface area (Å²) in [6, 6.07) is 13.1. The molecule has 0 fully saturated rings. The Morgan fingerprint density at radius 1 is 1.12 bits per heavy atom. The molecule has 0 radical (unpaired) electrons. The smallest absolute Gasteiger partial charge is 0.261 e. The highest BCUT2D eigenvalue weighted by Crippen LogP contribution is 2.21. The summed E-state index contributed by atoms with van der Waals surface area (Å²) in [6.07, 6.45) is 0.721. The molecule has 2 aromatic carbocycles. The highest BCUT2D eigenvalue weighted by molar-refractivity contribution is 7.92. The molecule has 0 aliphatic heterocycles. The van der Waals surface area contributed by atoms with E-state index >= 15 is 0 Å². The second-order valence-electron chi connectivity index (χ2n) is 5.75. The van der Waals surface area contributed by atoms with Gasteiger partial charge in [-0.05, 0) is 50.1 Å². The Bertz CT molecular complexity index is 836. The van der Waals surface area contributed by atoms with Gasteiger partial charge in [-0.3, -0.25) is 9.52 Å². The quantitative estimate of drug-likeness (QED) is 0.659. The van der Waals surface area contributed by atoms with Crippen molar-refractivity contribution >= 4 is 21.6 Å². The maximum atomic E-state index is 12.5. The number of ether oxygens (including phenoxy) is 1. The van der Waals surface area contributed by atoms with Gasteiger partial charge in [0.25, 0.3) is 15.9 Å². The first-order valence-electron chi connectivity index (χ1n) is 8.48. The molecule has 0 spiro atoms. The van der Waals surface area contributed by atoms with Crippen LogP contribution in [0.2, 0.25) is 0 Å². The summed E-state index contributed by atoms with van der Waals surface area (Å²) in [5.74, 6) is -0.248. The molecule has 6 nitrogen and oxygen atoms in total. The van der Waals surface area contributed by atoms with Crippen LogP contribution in [-0.4, -0.2) is 34.1 Å². The van der Waals surface area contributed by atoms with Crippen molar-refractivity contribution in [3.05, 3.63) is 59.7 Å². The standard InChI is InChI=1S/C19H24N2O4S/c1-3-25-13-7-12-20-19(22)16-11-10-15(2)18(14-16)21-26(23,24)17-8-5-4-6-9-17/h4-6,8-11,14,21H,3,7,12-13H2,1-2H3,(H,20,22).